The Morgan fingerprint density at radius 1 is 1.24 bits per heavy atom. The molecule has 0 aromatic heterocycles. The van der Waals surface area contributed by atoms with Gasteiger partial charge in [-0.1, -0.05) is 0 Å². The van der Waals surface area contributed by atoms with Gasteiger partial charge in [-0.3, -0.25) is 0 Å². The maximum absolute atomic E-state index is 12.0. The molecular formula is C9H21N3O4S. The van der Waals surface area contributed by atoms with Crippen molar-refractivity contribution in [3.63, 3.8) is 0 Å². The summed E-state index contributed by atoms with van der Waals surface area (Å²) >= 11 is 0. The topological polar surface area (TPSA) is 79.9 Å². The molecule has 102 valence electrons. The van der Waals surface area contributed by atoms with Crippen molar-refractivity contribution in [2.45, 2.75) is 19.3 Å². The molecule has 1 aliphatic rings. The number of hydrogen-bond donors (Lipinski definition) is 2. The lowest BCUT2D eigenvalue weighted by atomic mass is 10.3. The Hall–Kier alpha value is -0.250. The average molecular weight is 267 g/mol. The van der Waals surface area contributed by atoms with Crippen LogP contribution in [0, 0.1) is 0 Å². The van der Waals surface area contributed by atoms with Gasteiger partial charge in [-0.15, -0.1) is 0 Å². The highest BCUT2D eigenvalue weighted by Gasteiger charge is 2.28. The fourth-order valence-electron chi connectivity index (χ4n) is 1.75. The van der Waals surface area contributed by atoms with E-state index in [2.05, 4.69) is 10.0 Å². The first-order valence-corrected chi connectivity index (χ1v) is 6.99. The molecule has 1 unspecified atom stereocenters. The van der Waals surface area contributed by atoms with E-state index in [1.807, 2.05) is 0 Å². The number of hydrogen-bond acceptors (Lipinski definition) is 5. The van der Waals surface area contributed by atoms with Crippen molar-refractivity contribution in [2.24, 2.45) is 0 Å². The molecule has 0 aromatic carbocycles. The van der Waals surface area contributed by atoms with Crippen LogP contribution >= 0.6 is 0 Å². The van der Waals surface area contributed by atoms with Crippen LogP contribution in [-0.2, 0) is 19.7 Å². The Balaban J connectivity index is 2.58. The number of methoxy groups -OCH3 is 2. The largest absolute Gasteiger partial charge is 0.354 e. The molecule has 17 heavy (non-hydrogen) atoms. The third-order valence-electron chi connectivity index (χ3n) is 2.62. The van der Waals surface area contributed by atoms with Gasteiger partial charge < -0.3 is 14.8 Å². The van der Waals surface area contributed by atoms with Crippen LogP contribution in [-0.4, -0.2) is 65.5 Å². The fraction of sp³-hybridized carbons (Fsp3) is 1.00. The van der Waals surface area contributed by atoms with E-state index >= 15 is 0 Å². The van der Waals surface area contributed by atoms with E-state index in [0.717, 1.165) is 0 Å². The van der Waals surface area contributed by atoms with Crippen LogP contribution in [0.25, 0.3) is 0 Å². The van der Waals surface area contributed by atoms with E-state index in [9.17, 15) is 8.42 Å². The summed E-state index contributed by atoms with van der Waals surface area (Å²) in [6, 6.07) is -0.440. The van der Waals surface area contributed by atoms with E-state index < -0.39 is 22.5 Å². The Kier molecular flexibility index (Phi) is 5.77. The van der Waals surface area contributed by atoms with Gasteiger partial charge >= 0.3 is 0 Å². The van der Waals surface area contributed by atoms with Crippen LogP contribution in [0.15, 0.2) is 0 Å². The van der Waals surface area contributed by atoms with Gasteiger partial charge in [0.15, 0.2) is 6.29 Å². The minimum absolute atomic E-state index is 0.440. The van der Waals surface area contributed by atoms with Gasteiger partial charge in [0.2, 0.25) is 0 Å². The van der Waals surface area contributed by atoms with Gasteiger partial charge in [0, 0.05) is 40.4 Å². The van der Waals surface area contributed by atoms with Gasteiger partial charge in [-0.25, -0.2) is 0 Å². The van der Waals surface area contributed by atoms with Crippen LogP contribution in [0.1, 0.15) is 6.92 Å². The van der Waals surface area contributed by atoms with Crippen molar-refractivity contribution >= 4 is 10.2 Å². The first kappa shape index (κ1) is 14.8. The molecule has 2 N–H and O–H groups in total. The van der Waals surface area contributed by atoms with Crippen LogP contribution in [0.2, 0.25) is 0 Å². The lowest BCUT2D eigenvalue weighted by Gasteiger charge is -2.29. The van der Waals surface area contributed by atoms with Crippen LogP contribution in [0.5, 0.6) is 0 Å². The van der Waals surface area contributed by atoms with E-state index in [-0.39, 0.29) is 0 Å². The highest BCUT2D eigenvalue weighted by atomic mass is 32.2. The molecule has 1 aliphatic heterocycles. The smallest absolute Gasteiger partial charge is 0.279 e. The lowest BCUT2D eigenvalue weighted by molar-refractivity contribution is -0.115. The second kappa shape index (κ2) is 6.62. The summed E-state index contributed by atoms with van der Waals surface area (Å²) < 4.78 is 38.0. The molecule has 0 radical (unpaired) electrons. The van der Waals surface area contributed by atoms with Gasteiger partial charge in [-0.2, -0.15) is 17.4 Å². The molecule has 1 rings (SSSR count). The molecule has 0 bridgehead atoms. The Labute approximate surface area is 103 Å². The minimum Gasteiger partial charge on any atom is -0.354 e. The standard InChI is InChI=1S/C9H21N3O4S/c1-8(9(15-2)16-3)11-17(13,14)12-6-4-10-5-7-12/h8-11H,4-7H2,1-3H3. The van der Waals surface area contributed by atoms with Gasteiger partial charge in [-0.05, 0) is 6.92 Å². The molecular weight excluding hydrogens is 246 g/mol. The normalized spacial score (nSPS) is 20.7. The van der Waals surface area contributed by atoms with Crippen LogP contribution < -0.4 is 10.0 Å². The molecule has 1 fully saturated rings. The summed E-state index contributed by atoms with van der Waals surface area (Å²) in [4.78, 5) is 0. The predicted octanol–water partition coefficient (Wildman–Crippen LogP) is -1.27. The molecule has 0 aromatic rings. The number of piperazine rings is 1. The molecule has 7 nitrogen and oxygen atoms in total. The van der Waals surface area contributed by atoms with Crippen molar-refractivity contribution in [1.82, 2.24) is 14.3 Å². The fourth-order valence-corrected chi connectivity index (χ4v) is 3.15. The Morgan fingerprint density at radius 2 is 1.76 bits per heavy atom. The number of nitrogens with one attached hydrogen (secondary N) is 2. The summed E-state index contributed by atoms with van der Waals surface area (Å²) in [6.07, 6.45) is -0.590. The second-order valence-electron chi connectivity index (χ2n) is 3.90. The zero-order chi connectivity index (χ0) is 12.9. The lowest BCUT2D eigenvalue weighted by Crippen LogP contribution is -2.54. The third kappa shape index (κ3) is 4.16. The van der Waals surface area contributed by atoms with Crippen molar-refractivity contribution in [2.75, 3.05) is 40.4 Å². The predicted molar refractivity (Wildman–Crippen MR) is 63.8 cm³/mol. The van der Waals surface area contributed by atoms with Crippen LogP contribution in [0.3, 0.4) is 0 Å². The second-order valence-corrected chi connectivity index (χ2v) is 5.60. The molecule has 0 aliphatic carbocycles. The number of rotatable bonds is 6. The zero-order valence-electron chi connectivity index (χ0n) is 10.5. The van der Waals surface area contributed by atoms with Crippen LogP contribution in [0.4, 0.5) is 0 Å². The quantitative estimate of drug-likeness (QED) is 0.587. The summed E-state index contributed by atoms with van der Waals surface area (Å²) in [6.45, 7) is 4.01. The van der Waals surface area contributed by atoms with E-state index in [1.54, 1.807) is 6.92 Å². The van der Waals surface area contributed by atoms with Crippen molar-refractivity contribution in [3.05, 3.63) is 0 Å². The summed E-state index contributed by atoms with van der Waals surface area (Å²) in [7, 11) is -0.512. The van der Waals surface area contributed by atoms with E-state index in [4.69, 9.17) is 9.47 Å². The molecule has 1 atom stereocenters. The molecule has 1 saturated heterocycles. The first-order valence-electron chi connectivity index (χ1n) is 5.55. The van der Waals surface area contributed by atoms with Crippen molar-refractivity contribution in [3.8, 4) is 0 Å². The minimum atomic E-state index is -3.46. The van der Waals surface area contributed by atoms with Gasteiger partial charge in [0.25, 0.3) is 10.2 Å². The molecule has 8 heteroatoms. The Bertz CT molecular complexity index is 312. The summed E-state index contributed by atoms with van der Waals surface area (Å²) in [5.74, 6) is 0. The Morgan fingerprint density at radius 3 is 2.24 bits per heavy atom. The molecule has 0 amide bonds. The number of ether oxygens (including phenoxy) is 2. The monoisotopic (exact) mass is 267 g/mol. The summed E-state index contributed by atoms with van der Waals surface area (Å²) in [5, 5.41) is 3.10. The first-order chi connectivity index (χ1) is 8.01. The SMILES string of the molecule is COC(OC)C(C)NS(=O)(=O)N1CCNCC1. The number of nitrogens with zero attached hydrogens (tertiary/aromatic N) is 1. The highest BCUT2D eigenvalue weighted by Crippen LogP contribution is 2.05. The summed E-state index contributed by atoms with van der Waals surface area (Å²) in [5.41, 5.74) is 0. The molecule has 0 saturated carbocycles. The maximum atomic E-state index is 12.0. The zero-order valence-corrected chi connectivity index (χ0v) is 11.3. The highest BCUT2D eigenvalue weighted by molar-refractivity contribution is 7.87. The van der Waals surface area contributed by atoms with E-state index in [1.165, 1.54) is 18.5 Å². The van der Waals surface area contributed by atoms with Gasteiger partial charge in [0.05, 0.1) is 6.04 Å². The van der Waals surface area contributed by atoms with Crippen molar-refractivity contribution in [1.29, 1.82) is 0 Å². The molecule has 0 spiro atoms. The van der Waals surface area contributed by atoms with Gasteiger partial charge in [0.1, 0.15) is 0 Å². The third-order valence-corrected chi connectivity index (χ3v) is 4.34. The average Bonchev–Trinajstić information content (AvgIpc) is 2.31. The maximum Gasteiger partial charge on any atom is 0.279 e. The van der Waals surface area contributed by atoms with E-state index in [0.29, 0.717) is 26.2 Å². The van der Waals surface area contributed by atoms with Crippen molar-refractivity contribution < 1.29 is 17.9 Å². The molecule has 1 heterocycles.